The third-order valence-corrected chi connectivity index (χ3v) is 4.87. The molecule has 3 rings (SSSR count). The monoisotopic (exact) mass is 370 g/mol. The number of benzene rings is 2. The Kier molecular flexibility index (Phi) is 5.98. The van der Waals surface area contributed by atoms with Gasteiger partial charge in [0.15, 0.2) is 11.5 Å². The van der Waals surface area contributed by atoms with Gasteiger partial charge in [0.05, 0.1) is 25.8 Å². The number of β-amino-alcohol motifs (C(OH)–C–C–N with tert-alkyl or cyclic N) is 1. The second-order valence-corrected chi connectivity index (χ2v) is 6.70. The Bertz CT molecular complexity index is 781. The number of hydrogen-bond donors (Lipinski definition) is 2. The Morgan fingerprint density at radius 3 is 2.70 bits per heavy atom. The average molecular weight is 370 g/mol. The number of likely N-dealkylation sites (tertiary alicyclic amines) is 1. The van der Waals surface area contributed by atoms with Gasteiger partial charge in [-0.25, -0.2) is 0 Å². The van der Waals surface area contributed by atoms with E-state index >= 15 is 0 Å². The molecule has 1 heterocycles. The van der Waals surface area contributed by atoms with E-state index in [2.05, 4.69) is 0 Å². The number of amides is 1. The van der Waals surface area contributed by atoms with E-state index in [-0.39, 0.29) is 12.5 Å². The molecule has 27 heavy (non-hydrogen) atoms. The van der Waals surface area contributed by atoms with Crippen molar-refractivity contribution in [3.8, 4) is 11.5 Å². The van der Waals surface area contributed by atoms with Crippen LogP contribution in [0.3, 0.4) is 0 Å². The van der Waals surface area contributed by atoms with Crippen molar-refractivity contribution in [2.24, 2.45) is 5.73 Å². The minimum atomic E-state index is -1.03. The molecule has 1 aliphatic rings. The van der Waals surface area contributed by atoms with Gasteiger partial charge in [-0.15, -0.1) is 0 Å². The highest BCUT2D eigenvalue weighted by Gasteiger charge is 2.40. The van der Waals surface area contributed by atoms with Crippen LogP contribution in [0.25, 0.3) is 0 Å². The van der Waals surface area contributed by atoms with Crippen LogP contribution in [0, 0.1) is 0 Å². The molecule has 1 fully saturated rings. The molecule has 1 aliphatic heterocycles. The van der Waals surface area contributed by atoms with Crippen LogP contribution in [-0.2, 0) is 5.60 Å². The Hall–Kier alpha value is -2.57. The number of hydrogen-bond acceptors (Lipinski definition) is 5. The van der Waals surface area contributed by atoms with Gasteiger partial charge in [0.2, 0.25) is 0 Å². The number of para-hydroxylation sites is 1. The predicted molar refractivity (Wildman–Crippen MR) is 103 cm³/mol. The first kappa shape index (κ1) is 19.2. The Balaban J connectivity index is 1.82. The van der Waals surface area contributed by atoms with Gasteiger partial charge in [-0.1, -0.05) is 36.4 Å². The first-order valence-electron chi connectivity index (χ1n) is 9.16. The first-order chi connectivity index (χ1) is 13.1. The molecule has 1 unspecified atom stereocenters. The van der Waals surface area contributed by atoms with Crippen molar-refractivity contribution in [2.75, 3.05) is 33.4 Å². The molecular weight excluding hydrogens is 344 g/mol. The lowest BCUT2D eigenvalue weighted by atomic mass is 9.93. The van der Waals surface area contributed by atoms with Crippen LogP contribution >= 0.6 is 0 Å². The highest BCUT2D eigenvalue weighted by atomic mass is 16.5. The molecule has 0 saturated carbocycles. The van der Waals surface area contributed by atoms with E-state index in [0.29, 0.717) is 49.6 Å². The van der Waals surface area contributed by atoms with Gasteiger partial charge >= 0.3 is 0 Å². The molecule has 0 spiro atoms. The van der Waals surface area contributed by atoms with Gasteiger partial charge in [0.25, 0.3) is 5.91 Å². The van der Waals surface area contributed by atoms with Crippen LogP contribution in [-0.4, -0.2) is 49.3 Å². The summed E-state index contributed by atoms with van der Waals surface area (Å²) in [5.41, 5.74) is 5.76. The molecule has 1 amide bonds. The fourth-order valence-corrected chi connectivity index (χ4v) is 3.37. The van der Waals surface area contributed by atoms with Gasteiger partial charge in [-0.05, 0) is 37.1 Å². The predicted octanol–water partition coefficient (Wildman–Crippen LogP) is 2.16. The molecule has 1 saturated heterocycles. The molecule has 0 radical (unpaired) electrons. The lowest BCUT2D eigenvalue weighted by molar-refractivity contribution is 0.0416. The number of aliphatic hydroxyl groups is 1. The number of carbonyl (C=O) groups excluding carboxylic acids is 1. The third kappa shape index (κ3) is 4.07. The van der Waals surface area contributed by atoms with Crippen molar-refractivity contribution in [3.05, 3.63) is 59.7 Å². The number of nitrogens with zero attached hydrogens (tertiary/aromatic N) is 1. The molecular formula is C21H26N2O4. The molecule has 0 bridgehead atoms. The van der Waals surface area contributed by atoms with Crippen molar-refractivity contribution < 1.29 is 19.4 Å². The normalized spacial score (nSPS) is 19.1. The zero-order chi connectivity index (χ0) is 19.3. The van der Waals surface area contributed by atoms with Crippen molar-refractivity contribution in [3.63, 3.8) is 0 Å². The number of methoxy groups -OCH3 is 1. The minimum absolute atomic E-state index is 0.177. The van der Waals surface area contributed by atoms with E-state index in [1.54, 1.807) is 30.2 Å². The quantitative estimate of drug-likeness (QED) is 0.730. The van der Waals surface area contributed by atoms with E-state index < -0.39 is 5.60 Å². The topological polar surface area (TPSA) is 85.0 Å². The van der Waals surface area contributed by atoms with Gasteiger partial charge in [-0.3, -0.25) is 4.79 Å². The maximum atomic E-state index is 13.1. The highest BCUT2D eigenvalue weighted by molar-refractivity contribution is 5.98. The van der Waals surface area contributed by atoms with Crippen molar-refractivity contribution >= 4 is 5.91 Å². The summed E-state index contributed by atoms with van der Waals surface area (Å²) in [6, 6.07) is 14.7. The summed E-state index contributed by atoms with van der Waals surface area (Å²) in [6.07, 6.45) is 1.18. The van der Waals surface area contributed by atoms with E-state index in [9.17, 15) is 9.90 Å². The maximum Gasteiger partial charge on any atom is 0.257 e. The van der Waals surface area contributed by atoms with E-state index in [1.165, 1.54) is 0 Å². The van der Waals surface area contributed by atoms with E-state index in [0.717, 1.165) is 5.56 Å². The SMILES string of the molecule is COc1cccc(C(=O)N2CCC(O)(c3ccccc3)C2)c1OCCCN. The van der Waals surface area contributed by atoms with Gasteiger partial charge in [-0.2, -0.15) is 0 Å². The zero-order valence-electron chi connectivity index (χ0n) is 15.6. The molecule has 1 atom stereocenters. The summed E-state index contributed by atoms with van der Waals surface area (Å²) in [5.74, 6) is 0.757. The largest absolute Gasteiger partial charge is 0.493 e. The molecule has 6 heteroatoms. The second kappa shape index (κ2) is 8.41. The van der Waals surface area contributed by atoms with Crippen LogP contribution in [0.2, 0.25) is 0 Å². The number of rotatable bonds is 7. The van der Waals surface area contributed by atoms with Crippen molar-refractivity contribution in [1.82, 2.24) is 4.90 Å². The molecule has 3 N–H and O–H groups in total. The summed E-state index contributed by atoms with van der Waals surface area (Å²) >= 11 is 0. The highest BCUT2D eigenvalue weighted by Crippen LogP contribution is 2.36. The van der Waals surface area contributed by atoms with Crippen LogP contribution in [0.5, 0.6) is 11.5 Å². The standard InChI is InChI=1S/C21H26N2O4/c1-26-18-10-5-9-17(19(18)27-14-6-12-22)20(24)23-13-11-21(25,15-23)16-7-3-2-4-8-16/h2-5,7-10,25H,6,11-15,22H2,1H3. The van der Waals surface area contributed by atoms with E-state index in [1.807, 2.05) is 30.3 Å². The zero-order valence-corrected chi connectivity index (χ0v) is 15.6. The maximum absolute atomic E-state index is 13.1. The van der Waals surface area contributed by atoms with Crippen LogP contribution in [0.1, 0.15) is 28.8 Å². The molecule has 0 aromatic heterocycles. The van der Waals surface area contributed by atoms with Crippen molar-refractivity contribution in [2.45, 2.75) is 18.4 Å². The fraction of sp³-hybridized carbons (Fsp3) is 0.381. The number of nitrogens with two attached hydrogens (primary N) is 1. The van der Waals surface area contributed by atoms with Gasteiger partial charge in [0, 0.05) is 6.54 Å². The van der Waals surface area contributed by atoms with Gasteiger partial charge < -0.3 is 25.2 Å². The Morgan fingerprint density at radius 2 is 2.00 bits per heavy atom. The molecule has 144 valence electrons. The first-order valence-corrected chi connectivity index (χ1v) is 9.16. The lowest BCUT2D eigenvalue weighted by Gasteiger charge is -2.24. The summed E-state index contributed by atoms with van der Waals surface area (Å²) < 4.78 is 11.2. The lowest BCUT2D eigenvalue weighted by Crippen LogP contribution is -2.34. The second-order valence-electron chi connectivity index (χ2n) is 6.70. The van der Waals surface area contributed by atoms with Crippen LogP contribution in [0.15, 0.2) is 48.5 Å². The smallest absolute Gasteiger partial charge is 0.257 e. The molecule has 2 aromatic rings. The van der Waals surface area contributed by atoms with Gasteiger partial charge in [0.1, 0.15) is 5.60 Å². The minimum Gasteiger partial charge on any atom is -0.493 e. The Labute approximate surface area is 159 Å². The van der Waals surface area contributed by atoms with E-state index in [4.69, 9.17) is 15.2 Å². The molecule has 2 aromatic carbocycles. The van der Waals surface area contributed by atoms with Crippen LogP contribution in [0.4, 0.5) is 0 Å². The summed E-state index contributed by atoms with van der Waals surface area (Å²) in [5, 5.41) is 11.0. The summed E-state index contributed by atoms with van der Waals surface area (Å²) in [4.78, 5) is 14.8. The number of ether oxygens (including phenoxy) is 2. The fourth-order valence-electron chi connectivity index (χ4n) is 3.37. The Morgan fingerprint density at radius 1 is 1.22 bits per heavy atom. The molecule has 0 aliphatic carbocycles. The average Bonchev–Trinajstić information content (AvgIpc) is 3.12. The van der Waals surface area contributed by atoms with Crippen LogP contribution < -0.4 is 15.2 Å². The molecule has 6 nitrogen and oxygen atoms in total. The van der Waals surface area contributed by atoms with Crippen molar-refractivity contribution in [1.29, 1.82) is 0 Å². The summed E-state index contributed by atoms with van der Waals surface area (Å²) in [7, 11) is 1.55. The number of carbonyl (C=O) groups is 1. The third-order valence-electron chi connectivity index (χ3n) is 4.87. The summed E-state index contributed by atoms with van der Waals surface area (Å²) in [6.45, 7) is 1.64.